The molecular formula is C20H25ClN2O3S. The number of ether oxygens (including phenoxy) is 1. The van der Waals surface area contributed by atoms with Crippen LogP contribution in [0.15, 0.2) is 42.5 Å². The SMILES string of the molecule is COc1ccc(Cl)cc1NCC1C(c2ccc(CS(N)(=O)=O)cc2)C1(C)C. The average Bonchev–Trinajstić information content (AvgIpc) is 3.13. The molecule has 1 saturated carbocycles. The molecule has 1 aliphatic carbocycles. The number of nitrogens with one attached hydrogen (secondary N) is 1. The van der Waals surface area contributed by atoms with Crippen LogP contribution in [-0.4, -0.2) is 22.1 Å². The molecule has 0 aliphatic heterocycles. The van der Waals surface area contributed by atoms with Crippen LogP contribution in [0.4, 0.5) is 5.69 Å². The number of hydrogen-bond acceptors (Lipinski definition) is 4. The lowest BCUT2D eigenvalue weighted by Crippen LogP contribution is -2.14. The topological polar surface area (TPSA) is 81.4 Å². The molecule has 1 fully saturated rings. The van der Waals surface area contributed by atoms with Crippen molar-refractivity contribution in [2.45, 2.75) is 25.5 Å². The predicted octanol–water partition coefficient (Wildman–Crippen LogP) is 3.99. The van der Waals surface area contributed by atoms with Crippen molar-refractivity contribution in [3.63, 3.8) is 0 Å². The Balaban J connectivity index is 1.69. The first kappa shape index (κ1) is 20.0. The number of anilines is 1. The van der Waals surface area contributed by atoms with Gasteiger partial charge in [-0.25, -0.2) is 13.6 Å². The normalized spacial score (nSPS) is 20.9. The van der Waals surface area contributed by atoms with Gasteiger partial charge in [-0.1, -0.05) is 49.7 Å². The van der Waals surface area contributed by atoms with Crippen molar-refractivity contribution in [2.75, 3.05) is 19.0 Å². The lowest BCUT2D eigenvalue weighted by atomic mass is 10.0. The highest BCUT2D eigenvalue weighted by atomic mass is 35.5. The largest absolute Gasteiger partial charge is 0.495 e. The molecule has 0 aromatic heterocycles. The van der Waals surface area contributed by atoms with Gasteiger partial charge in [-0.3, -0.25) is 0 Å². The Labute approximate surface area is 165 Å². The van der Waals surface area contributed by atoms with Crippen LogP contribution < -0.4 is 15.2 Å². The highest BCUT2D eigenvalue weighted by molar-refractivity contribution is 7.88. The van der Waals surface area contributed by atoms with Gasteiger partial charge in [0.1, 0.15) is 5.75 Å². The molecule has 5 nitrogen and oxygen atoms in total. The number of nitrogens with two attached hydrogens (primary N) is 1. The summed E-state index contributed by atoms with van der Waals surface area (Å²) in [5.74, 6) is 1.48. The van der Waals surface area contributed by atoms with Crippen LogP contribution in [0.2, 0.25) is 5.02 Å². The van der Waals surface area contributed by atoms with Crippen LogP contribution in [0.1, 0.15) is 30.9 Å². The monoisotopic (exact) mass is 408 g/mol. The Morgan fingerprint density at radius 1 is 1.19 bits per heavy atom. The first-order valence-electron chi connectivity index (χ1n) is 8.78. The molecule has 7 heteroatoms. The van der Waals surface area contributed by atoms with Gasteiger partial charge in [0.15, 0.2) is 0 Å². The minimum atomic E-state index is -3.51. The third-order valence-corrected chi connectivity index (χ3v) is 6.40. The molecule has 0 amide bonds. The van der Waals surface area contributed by atoms with Gasteiger partial charge in [0.05, 0.1) is 18.6 Å². The third-order valence-electron chi connectivity index (χ3n) is 5.43. The molecule has 2 atom stereocenters. The minimum absolute atomic E-state index is 0.138. The number of benzene rings is 2. The standard InChI is InChI=1S/C20H25ClN2O3S/c1-20(2)16(11-23-17-10-15(21)8-9-18(17)26-3)19(20)14-6-4-13(5-7-14)12-27(22,24)25/h4-10,16,19,23H,11-12H2,1-3H3,(H2,22,24,25). The van der Waals surface area contributed by atoms with Gasteiger partial charge in [0.25, 0.3) is 0 Å². The van der Waals surface area contributed by atoms with Crippen molar-refractivity contribution in [3.05, 3.63) is 58.6 Å². The molecule has 0 radical (unpaired) electrons. The van der Waals surface area contributed by atoms with E-state index in [-0.39, 0.29) is 11.2 Å². The van der Waals surface area contributed by atoms with Gasteiger partial charge in [-0.15, -0.1) is 0 Å². The van der Waals surface area contributed by atoms with E-state index >= 15 is 0 Å². The van der Waals surface area contributed by atoms with Gasteiger partial charge < -0.3 is 10.1 Å². The van der Waals surface area contributed by atoms with E-state index in [1.165, 1.54) is 5.56 Å². The molecule has 1 aliphatic rings. The third kappa shape index (κ3) is 4.57. The van der Waals surface area contributed by atoms with Gasteiger partial charge in [0.2, 0.25) is 10.0 Å². The average molecular weight is 409 g/mol. The molecule has 146 valence electrons. The Morgan fingerprint density at radius 2 is 1.85 bits per heavy atom. The van der Waals surface area contributed by atoms with Crippen LogP contribution in [0.3, 0.4) is 0 Å². The van der Waals surface area contributed by atoms with Crippen molar-refractivity contribution in [3.8, 4) is 5.75 Å². The molecular weight excluding hydrogens is 384 g/mol. The fourth-order valence-electron chi connectivity index (χ4n) is 3.88. The van der Waals surface area contributed by atoms with E-state index in [9.17, 15) is 8.42 Å². The first-order valence-corrected chi connectivity index (χ1v) is 10.9. The maximum Gasteiger partial charge on any atom is 0.213 e. The second kappa shape index (κ2) is 7.34. The quantitative estimate of drug-likeness (QED) is 0.725. The highest BCUT2D eigenvalue weighted by Gasteiger charge is 2.57. The number of hydrogen-bond donors (Lipinski definition) is 2. The number of methoxy groups -OCH3 is 1. The van der Waals surface area contributed by atoms with Gasteiger partial charge in [-0.2, -0.15) is 0 Å². The molecule has 0 saturated heterocycles. The van der Waals surface area contributed by atoms with Crippen LogP contribution in [0, 0.1) is 11.3 Å². The second-order valence-corrected chi connectivity index (χ2v) is 9.73. The summed E-state index contributed by atoms with van der Waals surface area (Å²) in [6.07, 6.45) is 0. The summed E-state index contributed by atoms with van der Waals surface area (Å²) < 4.78 is 27.9. The minimum Gasteiger partial charge on any atom is -0.495 e. The van der Waals surface area contributed by atoms with Crippen molar-refractivity contribution in [1.29, 1.82) is 0 Å². The van der Waals surface area contributed by atoms with Crippen LogP contribution >= 0.6 is 11.6 Å². The van der Waals surface area contributed by atoms with E-state index in [2.05, 4.69) is 19.2 Å². The van der Waals surface area contributed by atoms with Gasteiger partial charge in [-0.05, 0) is 46.6 Å². The molecule has 3 rings (SSSR count). The van der Waals surface area contributed by atoms with Crippen molar-refractivity contribution >= 4 is 27.3 Å². The molecule has 0 spiro atoms. The van der Waals surface area contributed by atoms with E-state index < -0.39 is 10.0 Å². The van der Waals surface area contributed by atoms with Crippen LogP contribution in [0.25, 0.3) is 0 Å². The Kier molecular flexibility index (Phi) is 5.43. The lowest BCUT2D eigenvalue weighted by molar-refractivity contribution is 0.416. The van der Waals surface area contributed by atoms with Gasteiger partial charge >= 0.3 is 0 Å². The summed E-state index contributed by atoms with van der Waals surface area (Å²) in [7, 11) is -1.87. The summed E-state index contributed by atoms with van der Waals surface area (Å²) in [4.78, 5) is 0. The molecule has 3 N–H and O–H groups in total. The molecule has 0 heterocycles. The highest BCUT2D eigenvalue weighted by Crippen LogP contribution is 2.64. The molecule has 2 aromatic carbocycles. The molecule has 0 bridgehead atoms. The summed E-state index contributed by atoms with van der Waals surface area (Å²) in [6, 6.07) is 13.2. The number of rotatable bonds is 7. The lowest BCUT2D eigenvalue weighted by Gasteiger charge is -2.12. The number of primary sulfonamides is 1. The zero-order valence-corrected chi connectivity index (χ0v) is 17.3. The van der Waals surface area contributed by atoms with Crippen molar-refractivity contribution < 1.29 is 13.2 Å². The Morgan fingerprint density at radius 3 is 2.44 bits per heavy atom. The molecule has 2 aromatic rings. The molecule has 27 heavy (non-hydrogen) atoms. The van der Waals surface area contributed by atoms with E-state index in [4.69, 9.17) is 21.5 Å². The summed E-state index contributed by atoms with van der Waals surface area (Å²) in [5, 5.41) is 9.24. The van der Waals surface area contributed by atoms with Gasteiger partial charge in [0, 0.05) is 11.6 Å². The predicted molar refractivity (Wildman–Crippen MR) is 110 cm³/mol. The van der Waals surface area contributed by atoms with E-state index in [1.807, 2.05) is 36.4 Å². The second-order valence-electron chi connectivity index (χ2n) is 7.68. The summed E-state index contributed by atoms with van der Waals surface area (Å²) >= 11 is 6.10. The van der Waals surface area contributed by atoms with Crippen LogP contribution in [-0.2, 0) is 15.8 Å². The van der Waals surface area contributed by atoms with Crippen molar-refractivity contribution in [1.82, 2.24) is 0 Å². The maximum atomic E-state index is 11.2. The van der Waals surface area contributed by atoms with Crippen LogP contribution in [0.5, 0.6) is 5.75 Å². The van der Waals surface area contributed by atoms with E-state index in [1.54, 1.807) is 13.2 Å². The number of halogens is 1. The Hall–Kier alpha value is -1.76. The smallest absolute Gasteiger partial charge is 0.213 e. The summed E-state index contributed by atoms with van der Waals surface area (Å²) in [5.41, 5.74) is 2.95. The zero-order valence-electron chi connectivity index (χ0n) is 15.7. The fourth-order valence-corrected chi connectivity index (χ4v) is 4.71. The van der Waals surface area contributed by atoms with E-state index in [0.717, 1.165) is 18.0 Å². The number of sulfonamides is 1. The van der Waals surface area contributed by atoms with E-state index in [0.29, 0.717) is 22.4 Å². The fraction of sp³-hybridized carbons (Fsp3) is 0.400. The van der Waals surface area contributed by atoms with Crippen molar-refractivity contribution in [2.24, 2.45) is 16.5 Å². The molecule has 2 unspecified atom stereocenters. The summed E-state index contributed by atoms with van der Waals surface area (Å²) in [6.45, 7) is 5.29. The maximum absolute atomic E-state index is 11.2. The Bertz CT molecular complexity index is 927. The first-order chi connectivity index (χ1) is 12.6. The zero-order chi connectivity index (χ0) is 19.8.